The summed E-state index contributed by atoms with van der Waals surface area (Å²) in [4.78, 5) is 30.7. The van der Waals surface area contributed by atoms with Crippen LogP contribution in [-0.4, -0.2) is 41.0 Å². The van der Waals surface area contributed by atoms with Gasteiger partial charge in [-0.3, -0.25) is 4.79 Å². The molecule has 24 heavy (non-hydrogen) atoms. The number of hydrogen-bond acceptors (Lipinski definition) is 6. The van der Waals surface area contributed by atoms with Crippen molar-refractivity contribution in [1.29, 1.82) is 0 Å². The number of amides is 1. The summed E-state index contributed by atoms with van der Waals surface area (Å²) in [5.74, 6) is -0.0140. The van der Waals surface area contributed by atoms with Crippen molar-refractivity contribution < 1.29 is 14.3 Å². The summed E-state index contributed by atoms with van der Waals surface area (Å²) < 4.78 is 5.33. The van der Waals surface area contributed by atoms with Crippen molar-refractivity contribution in [2.45, 2.75) is 32.8 Å². The van der Waals surface area contributed by atoms with Gasteiger partial charge in [0, 0.05) is 29.4 Å². The number of ether oxygens (including phenoxy) is 1. The van der Waals surface area contributed by atoms with Crippen molar-refractivity contribution in [2.75, 3.05) is 13.1 Å². The Morgan fingerprint density at radius 1 is 1.33 bits per heavy atom. The maximum atomic E-state index is 12.4. The lowest BCUT2D eigenvalue weighted by Gasteiger charge is -2.31. The van der Waals surface area contributed by atoms with Gasteiger partial charge in [0.1, 0.15) is 5.01 Å². The van der Waals surface area contributed by atoms with Gasteiger partial charge in [0.25, 0.3) is 5.91 Å². The number of likely N-dealkylation sites (tertiary alicyclic amines) is 1. The number of piperidine rings is 1. The number of aromatic nitrogens is 1. The SMILES string of the molecule is CC1CCN(C(=O)C(C)OC(=O)c2csc(-c3ccsc3)n2)CC1. The average molecular weight is 364 g/mol. The third-order valence-corrected chi connectivity index (χ3v) is 5.78. The second kappa shape index (κ2) is 7.44. The molecule has 1 saturated heterocycles. The van der Waals surface area contributed by atoms with E-state index in [9.17, 15) is 9.59 Å². The average Bonchev–Trinajstić information content (AvgIpc) is 3.26. The summed E-state index contributed by atoms with van der Waals surface area (Å²) in [6.45, 7) is 5.30. The molecule has 0 N–H and O–H groups in total. The molecule has 3 heterocycles. The summed E-state index contributed by atoms with van der Waals surface area (Å²) in [6, 6.07) is 1.96. The van der Waals surface area contributed by atoms with Crippen LogP contribution in [0.15, 0.2) is 22.2 Å². The van der Waals surface area contributed by atoms with Gasteiger partial charge in [-0.05, 0) is 37.1 Å². The largest absolute Gasteiger partial charge is 0.448 e. The first-order valence-corrected chi connectivity index (χ1v) is 9.84. The summed E-state index contributed by atoms with van der Waals surface area (Å²) >= 11 is 2.98. The van der Waals surface area contributed by atoms with Gasteiger partial charge in [-0.15, -0.1) is 11.3 Å². The minimum atomic E-state index is -0.780. The van der Waals surface area contributed by atoms with Gasteiger partial charge < -0.3 is 9.64 Å². The summed E-state index contributed by atoms with van der Waals surface area (Å²) in [7, 11) is 0. The lowest BCUT2D eigenvalue weighted by atomic mass is 9.99. The van der Waals surface area contributed by atoms with E-state index in [-0.39, 0.29) is 11.6 Å². The maximum absolute atomic E-state index is 12.4. The standard InChI is InChI=1S/C17H20N2O3S2/c1-11-3-6-19(7-4-11)16(20)12(2)22-17(21)14-10-24-15(18-14)13-5-8-23-9-13/h5,8-12H,3-4,6-7H2,1-2H3. The molecule has 2 aromatic heterocycles. The fraction of sp³-hybridized carbons (Fsp3) is 0.471. The van der Waals surface area contributed by atoms with Gasteiger partial charge >= 0.3 is 5.97 Å². The van der Waals surface area contributed by atoms with Crippen molar-refractivity contribution in [3.63, 3.8) is 0 Å². The smallest absolute Gasteiger partial charge is 0.358 e. The number of esters is 1. The Balaban J connectivity index is 1.59. The Bertz CT molecular complexity index is 703. The maximum Gasteiger partial charge on any atom is 0.358 e. The molecule has 1 atom stereocenters. The van der Waals surface area contributed by atoms with Crippen LogP contribution in [0.2, 0.25) is 0 Å². The highest BCUT2D eigenvalue weighted by Gasteiger charge is 2.27. The van der Waals surface area contributed by atoms with Crippen LogP contribution in [0.3, 0.4) is 0 Å². The Morgan fingerprint density at radius 3 is 2.75 bits per heavy atom. The van der Waals surface area contributed by atoms with Gasteiger partial charge in [-0.25, -0.2) is 9.78 Å². The molecule has 0 aliphatic carbocycles. The topological polar surface area (TPSA) is 59.5 Å². The number of carbonyl (C=O) groups is 2. The molecule has 3 rings (SSSR count). The molecule has 1 fully saturated rings. The third kappa shape index (κ3) is 3.84. The third-order valence-electron chi connectivity index (χ3n) is 4.21. The molecule has 1 amide bonds. The van der Waals surface area contributed by atoms with E-state index in [0.29, 0.717) is 5.92 Å². The van der Waals surface area contributed by atoms with Crippen molar-refractivity contribution >= 4 is 34.6 Å². The molecule has 1 aliphatic rings. The van der Waals surface area contributed by atoms with Crippen LogP contribution in [0.4, 0.5) is 0 Å². The molecule has 0 spiro atoms. The minimum absolute atomic E-state index is 0.122. The molecule has 2 aromatic rings. The van der Waals surface area contributed by atoms with E-state index in [0.717, 1.165) is 36.5 Å². The predicted molar refractivity (Wildman–Crippen MR) is 95.3 cm³/mol. The molecule has 128 valence electrons. The Hall–Kier alpha value is -1.73. The van der Waals surface area contributed by atoms with Crippen molar-refractivity contribution in [3.05, 3.63) is 27.9 Å². The van der Waals surface area contributed by atoms with Gasteiger partial charge in [0.05, 0.1) is 0 Å². The van der Waals surface area contributed by atoms with Gasteiger partial charge in [-0.1, -0.05) is 6.92 Å². The van der Waals surface area contributed by atoms with Gasteiger partial charge in [-0.2, -0.15) is 11.3 Å². The summed E-state index contributed by atoms with van der Waals surface area (Å²) in [5.41, 5.74) is 1.25. The molecule has 0 radical (unpaired) electrons. The number of carbonyl (C=O) groups excluding carboxylic acids is 2. The zero-order valence-corrected chi connectivity index (χ0v) is 15.4. The lowest BCUT2D eigenvalue weighted by molar-refractivity contribution is -0.141. The van der Waals surface area contributed by atoms with Crippen LogP contribution >= 0.6 is 22.7 Å². The van der Waals surface area contributed by atoms with Gasteiger partial charge in [0.2, 0.25) is 0 Å². The summed E-state index contributed by atoms with van der Waals surface area (Å²) in [5, 5.41) is 6.41. The van der Waals surface area contributed by atoms with E-state index in [4.69, 9.17) is 4.74 Å². The van der Waals surface area contributed by atoms with E-state index in [1.54, 1.807) is 28.5 Å². The van der Waals surface area contributed by atoms with Crippen LogP contribution in [0.25, 0.3) is 10.6 Å². The van der Waals surface area contributed by atoms with E-state index in [1.165, 1.54) is 11.3 Å². The van der Waals surface area contributed by atoms with Crippen LogP contribution < -0.4 is 0 Å². The molecule has 1 aliphatic heterocycles. The number of thiophene rings is 1. The van der Waals surface area contributed by atoms with Crippen LogP contribution in [0.5, 0.6) is 0 Å². The number of rotatable bonds is 4. The van der Waals surface area contributed by atoms with E-state index >= 15 is 0 Å². The molecule has 0 aromatic carbocycles. The van der Waals surface area contributed by atoms with Crippen molar-refractivity contribution in [3.8, 4) is 10.6 Å². The van der Waals surface area contributed by atoms with Crippen molar-refractivity contribution in [1.82, 2.24) is 9.88 Å². The van der Waals surface area contributed by atoms with E-state index in [1.807, 2.05) is 16.8 Å². The second-order valence-electron chi connectivity index (χ2n) is 6.11. The molecule has 7 heteroatoms. The number of hydrogen-bond donors (Lipinski definition) is 0. The molecule has 0 saturated carbocycles. The zero-order valence-electron chi connectivity index (χ0n) is 13.7. The normalized spacial score (nSPS) is 16.8. The lowest BCUT2D eigenvalue weighted by Crippen LogP contribution is -2.44. The second-order valence-corrected chi connectivity index (χ2v) is 7.74. The molecule has 1 unspecified atom stereocenters. The number of nitrogens with zero attached hydrogens (tertiary/aromatic N) is 2. The molecule has 5 nitrogen and oxygen atoms in total. The predicted octanol–water partition coefficient (Wildman–Crippen LogP) is 3.68. The zero-order chi connectivity index (χ0) is 17.1. The highest BCUT2D eigenvalue weighted by Crippen LogP contribution is 2.26. The molecular weight excluding hydrogens is 344 g/mol. The summed E-state index contributed by atoms with van der Waals surface area (Å²) in [6.07, 6.45) is 1.22. The monoisotopic (exact) mass is 364 g/mol. The first-order valence-electron chi connectivity index (χ1n) is 8.02. The first kappa shape index (κ1) is 17.1. The number of thiazole rings is 1. The van der Waals surface area contributed by atoms with E-state index < -0.39 is 12.1 Å². The van der Waals surface area contributed by atoms with Crippen LogP contribution in [0.1, 0.15) is 37.2 Å². The minimum Gasteiger partial charge on any atom is -0.448 e. The molecular formula is C17H20N2O3S2. The Morgan fingerprint density at radius 2 is 2.08 bits per heavy atom. The fourth-order valence-electron chi connectivity index (χ4n) is 2.64. The van der Waals surface area contributed by atoms with E-state index in [2.05, 4.69) is 11.9 Å². The Kier molecular flexibility index (Phi) is 5.30. The fourth-order valence-corrected chi connectivity index (χ4v) is 4.15. The highest BCUT2D eigenvalue weighted by molar-refractivity contribution is 7.14. The highest BCUT2D eigenvalue weighted by atomic mass is 32.1. The van der Waals surface area contributed by atoms with Gasteiger partial charge in [0.15, 0.2) is 11.8 Å². The Labute approximate surface area is 149 Å². The van der Waals surface area contributed by atoms with Crippen LogP contribution in [-0.2, 0) is 9.53 Å². The quantitative estimate of drug-likeness (QED) is 0.777. The molecule has 0 bridgehead atoms. The van der Waals surface area contributed by atoms with Crippen LogP contribution in [0, 0.1) is 5.92 Å². The first-order chi connectivity index (χ1) is 11.5. The van der Waals surface area contributed by atoms with Crippen molar-refractivity contribution in [2.24, 2.45) is 5.92 Å².